The maximum atomic E-state index is 13.0. The van der Waals surface area contributed by atoms with E-state index in [2.05, 4.69) is 15.5 Å². The average molecular weight is 402 g/mol. The molecular weight excluding hydrogens is 376 g/mol. The van der Waals surface area contributed by atoms with Gasteiger partial charge in [-0.15, -0.1) is 0 Å². The van der Waals surface area contributed by atoms with Crippen LogP contribution in [0.1, 0.15) is 35.7 Å². The molecule has 1 fully saturated rings. The van der Waals surface area contributed by atoms with E-state index in [0.29, 0.717) is 11.4 Å². The number of carbonyl (C=O) groups excluding carboxylic acids is 2. The second-order valence-corrected chi connectivity index (χ2v) is 7.49. The van der Waals surface area contributed by atoms with Gasteiger partial charge < -0.3 is 15.5 Å². The maximum Gasteiger partial charge on any atom is 0.255 e. The number of pyridine rings is 1. The number of nitrogens with zero attached hydrogens (tertiary/aromatic N) is 2. The van der Waals surface area contributed by atoms with Crippen LogP contribution in [-0.4, -0.2) is 36.4 Å². The molecule has 4 rings (SSSR count). The third kappa shape index (κ3) is 4.27. The van der Waals surface area contributed by atoms with Crippen LogP contribution in [0.4, 0.5) is 11.5 Å². The van der Waals surface area contributed by atoms with Crippen molar-refractivity contribution in [3.8, 4) is 0 Å². The predicted octanol–water partition coefficient (Wildman–Crippen LogP) is 3.77. The van der Waals surface area contributed by atoms with Crippen molar-refractivity contribution >= 4 is 34.2 Å². The highest BCUT2D eigenvalue weighted by molar-refractivity contribution is 6.04. The molecule has 0 aliphatic carbocycles. The Balaban J connectivity index is 1.51. The van der Waals surface area contributed by atoms with Crippen LogP contribution in [0.5, 0.6) is 0 Å². The zero-order valence-electron chi connectivity index (χ0n) is 17.1. The largest absolute Gasteiger partial charge is 0.356 e. The van der Waals surface area contributed by atoms with Crippen LogP contribution in [0.3, 0.4) is 0 Å². The van der Waals surface area contributed by atoms with Gasteiger partial charge in [-0.1, -0.05) is 43.3 Å². The van der Waals surface area contributed by atoms with E-state index in [0.717, 1.165) is 54.5 Å². The summed E-state index contributed by atoms with van der Waals surface area (Å²) >= 11 is 0. The number of para-hydroxylation sites is 2. The van der Waals surface area contributed by atoms with Gasteiger partial charge >= 0.3 is 0 Å². The molecule has 1 saturated heterocycles. The Kier molecular flexibility index (Phi) is 5.93. The van der Waals surface area contributed by atoms with Crippen LogP contribution >= 0.6 is 0 Å². The molecule has 2 amide bonds. The van der Waals surface area contributed by atoms with Crippen LogP contribution in [0, 0.1) is 0 Å². The second kappa shape index (κ2) is 8.95. The molecule has 154 valence electrons. The Labute approximate surface area is 176 Å². The fourth-order valence-corrected chi connectivity index (χ4v) is 3.84. The van der Waals surface area contributed by atoms with E-state index >= 15 is 0 Å². The highest BCUT2D eigenvalue weighted by atomic mass is 16.2. The Morgan fingerprint density at radius 1 is 1.03 bits per heavy atom. The molecule has 0 radical (unpaired) electrons. The first kappa shape index (κ1) is 19.9. The summed E-state index contributed by atoms with van der Waals surface area (Å²) in [6, 6.07) is 17.3. The first-order chi connectivity index (χ1) is 14.7. The lowest BCUT2D eigenvalue weighted by atomic mass is 10.1. The third-order valence-electron chi connectivity index (χ3n) is 5.44. The van der Waals surface area contributed by atoms with Gasteiger partial charge in [0.25, 0.3) is 5.91 Å². The van der Waals surface area contributed by atoms with E-state index < -0.39 is 0 Å². The van der Waals surface area contributed by atoms with Crippen molar-refractivity contribution in [3.05, 3.63) is 65.7 Å². The fourth-order valence-electron chi connectivity index (χ4n) is 3.84. The van der Waals surface area contributed by atoms with Crippen LogP contribution in [0.2, 0.25) is 0 Å². The molecule has 6 nitrogen and oxygen atoms in total. The van der Waals surface area contributed by atoms with Crippen molar-refractivity contribution in [2.24, 2.45) is 0 Å². The summed E-state index contributed by atoms with van der Waals surface area (Å²) in [5.74, 6) is 0.162. The lowest BCUT2D eigenvalue weighted by Crippen LogP contribution is -2.34. The van der Waals surface area contributed by atoms with E-state index in [1.807, 2.05) is 61.5 Å². The minimum atomic E-state index is -0.283. The first-order valence-corrected chi connectivity index (χ1v) is 10.5. The van der Waals surface area contributed by atoms with Gasteiger partial charge in [-0.05, 0) is 43.0 Å². The van der Waals surface area contributed by atoms with Crippen LogP contribution in [0.15, 0.2) is 54.6 Å². The number of rotatable bonds is 6. The number of nitrogens with one attached hydrogen (secondary N) is 2. The normalized spacial score (nSPS) is 13.4. The molecule has 0 spiro atoms. The van der Waals surface area contributed by atoms with Gasteiger partial charge in [-0.25, -0.2) is 4.98 Å². The van der Waals surface area contributed by atoms with Crippen molar-refractivity contribution in [2.45, 2.75) is 26.2 Å². The van der Waals surface area contributed by atoms with Gasteiger partial charge in [-0.3, -0.25) is 9.59 Å². The maximum absolute atomic E-state index is 13.0. The lowest BCUT2D eigenvalue weighted by molar-refractivity contribution is -0.115. The summed E-state index contributed by atoms with van der Waals surface area (Å²) in [5, 5.41) is 6.56. The average Bonchev–Trinajstić information content (AvgIpc) is 3.32. The number of hydrogen-bond acceptors (Lipinski definition) is 4. The zero-order chi connectivity index (χ0) is 20.9. The summed E-state index contributed by atoms with van der Waals surface area (Å²) in [7, 11) is 0. The van der Waals surface area contributed by atoms with E-state index in [-0.39, 0.29) is 18.4 Å². The number of aromatic nitrogens is 1. The molecule has 1 aliphatic rings. The number of carbonyl (C=O) groups is 2. The van der Waals surface area contributed by atoms with Gasteiger partial charge in [-0.2, -0.15) is 0 Å². The van der Waals surface area contributed by atoms with Crippen molar-refractivity contribution in [3.63, 3.8) is 0 Å². The van der Waals surface area contributed by atoms with Crippen LogP contribution < -0.4 is 15.5 Å². The van der Waals surface area contributed by atoms with Crippen molar-refractivity contribution in [2.75, 3.05) is 29.9 Å². The third-order valence-corrected chi connectivity index (χ3v) is 5.44. The van der Waals surface area contributed by atoms with Gasteiger partial charge in [0.15, 0.2) is 0 Å². The number of amides is 2. The molecule has 0 unspecified atom stereocenters. The Bertz CT molecular complexity index is 1070. The predicted molar refractivity (Wildman–Crippen MR) is 120 cm³/mol. The zero-order valence-corrected chi connectivity index (χ0v) is 17.1. The molecule has 6 heteroatoms. The Morgan fingerprint density at radius 3 is 2.57 bits per heavy atom. The standard InChI is InChI=1S/C24H26N4O2/c1-2-17-9-3-5-11-20(17)26-22(29)16-25-24(30)19-15-18-10-4-6-12-21(18)27-23(19)28-13-7-8-14-28/h3-6,9-12,15H,2,7-8,13-14,16H2,1H3,(H,25,30)(H,26,29). The van der Waals surface area contributed by atoms with Gasteiger partial charge in [0.2, 0.25) is 5.91 Å². The molecule has 0 bridgehead atoms. The fraction of sp³-hybridized carbons (Fsp3) is 0.292. The van der Waals surface area contributed by atoms with Gasteiger partial charge in [0.05, 0.1) is 17.6 Å². The molecule has 2 N–H and O–H groups in total. The molecule has 1 aliphatic heterocycles. The molecule has 30 heavy (non-hydrogen) atoms. The van der Waals surface area contributed by atoms with Crippen molar-refractivity contribution in [1.82, 2.24) is 10.3 Å². The molecule has 0 atom stereocenters. The Hall–Kier alpha value is -3.41. The van der Waals surface area contributed by atoms with E-state index in [9.17, 15) is 9.59 Å². The molecule has 0 saturated carbocycles. The van der Waals surface area contributed by atoms with E-state index in [1.165, 1.54) is 0 Å². The summed E-state index contributed by atoms with van der Waals surface area (Å²) in [6.07, 6.45) is 3.01. The molecule has 1 aromatic heterocycles. The highest BCUT2D eigenvalue weighted by Gasteiger charge is 2.22. The monoisotopic (exact) mass is 402 g/mol. The van der Waals surface area contributed by atoms with Crippen molar-refractivity contribution < 1.29 is 9.59 Å². The van der Waals surface area contributed by atoms with Gasteiger partial charge in [0.1, 0.15) is 5.82 Å². The minimum absolute atomic E-state index is 0.0941. The van der Waals surface area contributed by atoms with Crippen LogP contribution in [0.25, 0.3) is 10.9 Å². The molecular formula is C24H26N4O2. The number of anilines is 2. The van der Waals surface area contributed by atoms with E-state index in [4.69, 9.17) is 4.98 Å². The van der Waals surface area contributed by atoms with E-state index in [1.54, 1.807) is 0 Å². The lowest BCUT2D eigenvalue weighted by Gasteiger charge is -2.20. The highest BCUT2D eigenvalue weighted by Crippen LogP contribution is 2.26. The molecule has 3 aromatic rings. The summed E-state index contributed by atoms with van der Waals surface area (Å²) in [5.41, 5.74) is 3.22. The minimum Gasteiger partial charge on any atom is -0.356 e. The number of hydrogen-bond donors (Lipinski definition) is 2. The van der Waals surface area contributed by atoms with Gasteiger partial charge in [0, 0.05) is 24.2 Å². The number of benzene rings is 2. The SMILES string of the molecule is CCc1ccccc1NC(=O)CNC(=O)c1cc2ccccc2nc1N1CCCC1. The molecule has 2 aromatic carbocycles. The Morgan fingerprint density at radius 2 is 1.77 bits per heavy atom. The second-order valence-electron chi connectivity index (χ2n) is 7.49. The van der Waals surface area contributed by atoms with Crippen LogP contribution in [-0.2, 0) is 11.2 Å². The number of fused-ring (bicyclic) bond motifs is 1. The van der Waals surface area contributed by atoms with Crippen molar-refractivity contribution in [1.29, 1.82) is 0 Å². The number of aryl methyl sites for hydroxylation is 1. The topological polar surface area (TPSA) is 74.3 Å². The summed E-state index contributed by atoms with van der Waals surface area (Å²) in [6.45, 7) is 3.72. The molecule has 2 heterocycles. The summed E-state index contributed by atoms with van der Waals surface area (Å²) in [4.78, 5) is 32.3. The quantitative estimate of drug-likeness (QED) is 0.658. The summed E-state index contributed by atoms with van der Waals surface area (Å²) < 4.78 is 0. The smallest absolute Gasteiger partial charge is 0.255 e. The first-order valence-electron chi connectivity index (χ1n) is 10.5.